The highest BCUT2D eigenvalue weighted by Gasteiger charge is 2.11. The molecule has 0 saturated carbocycles. The van der Waals surface area contributed by atoms with Crippen molar-refractivity contribution in [3.8, 4) is 16.3 Å². The molecule has 4 nitrogen and oxygen atoms in total. The Morgan fingerprint density at radius 2 is 2.09 bits per heavy atom. The van der Waals surface area contributed by atoms with E-state index in [1.807, 2.05) is 46.5 Å². The van der Waals surface area contributed by atoms with Gasteiger partial charge in [0.25, 0.3) is 0 Å². The fourth-order valence-corrected chi connectivity index (χ4v) is 3.62. The molecule has 23 heavy (non-hydrogen) atoms. The molecule has 118 valence electrons. The third-order valence-electron chi connectivity index (χ3n) is 3.23. The van der Waals surface area contributed by atoms with E-state index in [1.165, 1.54) is 11.3 Å². The normalized spacial score (nSPS) is 10.5. The average molecular weight is 345 g/mol. The van der Waals surface area contributed by atoms with Crippen LogP contribution in [-0.2, 0) is 22.6 Å². The van der Waals surface area contributed by atoms with E-state index < -0.39 is 0 Å². The van der Waals surface area contributed by atoms with Crippen molar-refractivity contribution in [2.45, 2.75) is 13.0 Å². The summed E-state index contributed by atoms with van der Waals surface area (Å²) >= 11 is 3.17. The number of benzene rings is 1. The molecule has 0 N–H and O–H groups in total. The Morgan fingerprint density at radius 3 is 2.87 bits per heavy atom. The van der Waals surface area contributed by atoms with Crippen LogP contribution in [0.2, 0.25) is 0 Å². The van der Waals surface area contributed by atoms with E-state index in [9.17, 15) is 4.79 Å². The third kappa shape index (κ3) is 3.97. The number of nitrogens with zero attached hydrogens (tertiary/aromatic N) is 1. The third-order valence-corrected chi connectivity index (χ3v) is 4.85. The van der Waals surface area contributed by atoms with Crippen molar-refractivity contribution < 1.29 is 14.3 Å². The maximum Gasteiger partial charge on any atom is 0.312 e. The molecule has 0 aliphatic rings. The second-order valence-electron chi connectivity index (χ2n) is 4.81. The molecule has 1 aromatic carbocycles. The van der Waals surface area contributed by atoms with Gasteiger partial charge in [-0.05, 0) is 17.5 Å². The maximum atomic E-state index is 12.0. The minimum atomic E-state index is -0.293. The zero-order valence-electron chi connectivity index (χ0n) is 12.5. The zero-order valence-corrected chi connectivity index (χ0v) is 14.2. The van der Waals surface area contributed by atoms with E-state index in [-0.39, 0.29) is 19.0 Å². The molecular formula is C17H15NO3S2. The van der Waals surface area contributed by atoms with Crippen LogP contribution in [0, 0.1) is 0 Å². The lowest BCUT2D eigenvalue weighted by atomic mass is 10.2. The van der Waals surface area contributed by atoms with E-state index in [1.54, 1.807) is 18.4 Å². The highest BCUT2D eigenvalue weighted by molar-refractivity contribution is 7.14. The smallest absolute Gasteiger partial charge is 0.312 e. The van der Waals surface area contributed by atoms with Crippen LogP contribution in [0.15, 0.2) is 46.5 Å². The van der Waals surface area contributed by atoms with E-state index >= 15 is 0 Å². The molecule has 2 aromatic heterocycles. The van der Waals surface area contributed by atoms with Crippen molar-refractivity contribution in [2.75, 3.05) is 7.11 Å². The number of hydrogen-bond donors (Lipinski definition) is 0. The van der Waals surface area contributed by atoms with Gasteiger partial charge in [0, 0.05) is 21.9 Å². The Bertz CT molecular complexity index is 781. The summed E-state index contributed by atoms with van der Waals surface area (Å²) in [5.41, 5.74) is 2.68. The average Bonchev–Trinajstić information content (AvgIpc) is 3.24. The number of ether oxygens (including phenoxy) is 2. The highest BCUT2D eigenvalue weighted by atomic mass is 32.1. The van der Waals surface area contributed by atoms with Crippen LogP contribution in [0.5, 0.6) is 5.75 Å². The SMILES string of the molecule is COc1ccccc1COC(=O)Cc1csc(-c2ccsc2)n1. The maximum absolute atomic E-state index is 12.0. The van der Waals surface area contributed by atoms with E-state index in [0.717, 1.165) is 21.8 Å². The van der Waals surface area contributed by atoms with E-state index in [0.29, 0.717) is 5.75 Å². The number of thiazole rings is 1. The number of carbonyl (C=O) groups excluding carboxylic acids is 1. The molecule has 0 bridgehead atoms. The van der Waals surface area contributed by atoms with Crippen molar-refractivity contribution in [1.82, 2.24) is 4.98 Å². The zero-order chi connectivity index (χ0) is 16.1. The summed E-state index contributed by atoms with van der Waals surface area (Å²) in [5, 5.41) is 6.89. The lowest BCUT2D eigenvalue weighted by Gasteiger charge is -2.08. The van der Waals surface area contributed by atoms with Gasteiger partial charge in [-0.15, -0.1) is 11.3 Å². The molecule has 3 rings (SSSR count). The number of rotatable bonds is 6. The van der Waals surface area contributed by atoms with Crippen molar-refractivity contribution in [3.63, 3.8) is 0 Å². The van der Waals surface area contributed by atoms with Gasteiger partial charge < -0.3 is 9.47 Å². The summed E-state index contributed by atoms with van der Waals surface area (Å²) in [4.78, 5) is 16.5. The first-order valence-electron chi connectivity index (χ1n) is 7.01. The van der Waals surface area contributed by atoms with Crippen LogP contribution in [0.1, 0.15) is 11.3 Å². The Hall–Kier alpha value is -2.18. The summed E-state index contributed by atoms with van der Waals surface area (Å²) in [6, 6.07) is 9.51. The molecule has 0 atom stereocenters. The lowest BCUT2D eigenvalue weighted by Crippen LogP contribution is -2.08. The standard InChI is InChI=1S/C17H15NO3S2/c1-20-15-5-3-2-4-12(15)9-21-16(19)8-14-11-23-17(18-14)13-6-7-22-10-13/h2-7,10-11H,8-9H2,1H3. The number of methoxy groups -OCH3 is 1. The quantitative estimate of drug-likeness (QED) is 0.629. The van der Waals surface area contributed by atoms with Gasteiger partial charge in [0.1, 0.15) is 17.4 Å². The van der Waals surface area contributed by atoms with Gasteiger partial charge in [-0.2, -0.15) is 11.3 Å². The number of aromatic nitrogens is 1. The molecule has 6 heteroatoms. The van der Waals surface area contributed by atoms with Crippen molar-refractivity contribution >= 4 is 28.6 Å². The van der Waals surface area contributed by atoms with Gasteiger partial charge in [-0.1, -0.05) is 18.2 Å². The monoisotopic (exact) mass is 345 g/mol. The number of para-hydroxylation sites is 1. The Kier molecular flexibility index (Phi) is 5.05. The van der Waals surface area contributed by atoms with Crippen LogP contribution in [0.3, 0.4) is 0 Å². The number of carbonyl (C=O) groups is 1. The minimum Gasteiger partial charge on any atom is -0.496 e. The first kappa shape index (κ1) is 15.7. The van der Waals surface area contributed by atoms with Gasteiger partial charge in [-0.3, -0.25) is 4.79 Å². The van der Waals surface area contributed by atoms with Gasteiger partial charge in [0.15, 0.2) is 0 Å². The molecule has 0 unspecified atom stereocenters. The fraction of sp³-hybridized carbons (Fsp3) is 0.176. The fourth-order valence-electron chi connectivity index (χ4n) is 2.09. The molecular weight excluding hydrogens is 330 g/mol. The highest BCUT2D eigenvalue weighted by Crippen LogP contribution is 2.26. The van der Waals surface area contributed by atoms with Gasteiger partial charge in [-0.25, -0.2) is 4.98 Å². The Morgan fingerprint density at radius 1 is 1.22 bits per heavy atom. The molecule has 3 aromatic rings. The number of thiophene rings is 1. The van der Waals surface area contributed by atoms with Crippen molar-refractivity contribution in [1.29, 1.82) is 0 Å². The second-order valence-corrected chi connectivity index (χ2v) is 6.44. The first-order valence-corrected chi connectivity index (χ1v) is 8.83. The Labute approximate surface area is 142 Å². The molecule has 2 heterocycles. The molecule has 0 aliphatic carbocycles. The van der Waals surface area contributed by atoms with Crippen LogP contribution >= 0.6 is 22.7 Å². The van der Waals surface area contributed by atoms with Crippen LogP contribution in [0.25, 0.3) is 10.6 Å². The van der Waals surface area contributed by atoms with Crippen molar-refractivity contribution in [2.24, 2.45) is 0 Å². The molecule has 0 fully saturated rings. The lowest BCUT2D eigenvalue weighted by molar-refractivity contribution is -0.144. The molecule has 0 aliphatic heterocycles. The minimum absolute atomic E-state index is 0.176. The van der Waals surface area contributed by atoms with Crippen LogP contribution in [-0.4, -0.2) is 18.1 Å². The Balaban J connectivity index is 1.57. The molecule has 0 radical (unpaired) electrons. The second kappa shape index (κ2) is 7.39. The largest absolute Gasteiger partial charge is 0.496 e. The summed E-state index contributed by atoms with van der Waals surface area (Å²) < 4.78 is 10.6. The number of hydrogen-bond acceptors (Lipinski definition) is 6. The molecule has 0 amide bonds. The first-order chi connectivity index (χ1) is 11.3. The van der Waals surface area contributed by atoms with Crippen LogP contribution < -0.4 is 4.74 Å². The summed E-state index contributed by atoms with van der Waals surface area (Å²) in [6.07, 6.45) is 0.176. The number of esters is 1. The molecule has 0 saturated heterocycles. The summed E-state index contributed by atoms with van der Waals surface area (Å²) in [6.45, 7) is 0.199. The summed E-state index contributed by atoms with van der Waals surface area (Å²) in [7, 11) is 1.60. The molecule has 0 spiro atoms. The van der Waals surface area contributed by atoms with Crippen LogP contribution in [0.4, 0.5) is 0 Å². The van der Waals surface area contributed by atoms with Gasteiger partial charge in [0.05, 0.1) is 19.2 Å². The predicted molar refractivity (Wildman–Crippen MR) is 91.9 cm³/mol. The van der Waals surface area contributed by atoms with Gasteiger partial charge in [0.2, 0.25) is 0 Å². The topological polar surface area (TPSA) is 48.4 Å². The van der Waals surface area contributed by atoms with E-state index in [2.05, 4.69) is 4.98 Å². The van der Waals surface area contributed by atoms with Crippen molar-refractivity contribution in [3.05, 3.63) is 57.7 Å². The van der Waals surface area contributed by atoms with Gasteiger partial charge >= 0.3 is 5.97 Å². The van der Waals surface area contributed by atoms with E-state index in [4.69, 9.17) is 9.47 Å². The predicted octanol–water partition coefficient (Wildman–Crippen LogP) is 4.17. The summed E-state index contributed by atoms with van der Waals surface area (Å²) in [5.74, 6) is 0.423.